The predicted molar refractivity (Wildman–Crippen MR) is 160 cm³/mol. The van der Waals surface area contributed by atoms with Gasteiger partial charge in [0, 0.05) is 4.83 Å². The van der Waals surface area contributed by atoms with Crippen molar-refractivity contribution in [3.8, 4) is 0 Å². The summed E-state index contributed by atoms with van der Waals surface area (Å²) in [5.41, 5.74) is 3.18. The second-order valence-electron chi connectivity index (χ2n) is 11.4. The van der Waals surface area contributed by atoms with Crippen LogP contribution in [0.25, 0.3) is 4.98 Å². The van der Waals surface area contributed by atoms with Crippen molar-refractivity contribution < 1.29 is 26.2 Å². The van der Waals surface area contributed by atoms with Crippen molar-refractivity contribution in [1.82, 2.24) is 0 Å². The largest absolute Gasteiger partial charge is 4.00 e. The summed E-state index contributed by atoms with van der Waals surface area (Å²) in [6.07, 6.45) is 5.69. The summed E-state index contributed by atoms with van der Waals surface area (Å²) >= 11 is 3.96. The summed E-state index contributed by atoms with van der Waals surface area (Å²) < 4.78 is 0. The maximum atomic E-state index is 5.31. The standard InChI is InChI=1S/C16H31BrNSi.2C7H7.CH3.Zr/c1-11-10-13-12(8-7-9-14(13)17)15(11)19(5,6)18-16(2,3)4;2*1-7-5-3-2-4-6-7;;/h11-15H,7-10H2,1-6H3;2*2-6H,1H2;1H3;/q4*-1;+4. The van der Waals surface area contributed by atoms with E-state index in [0.29, 0.717) is 0 Å². The van der Waals surface area contributed by atoms with Crippen LogP contribution in [-0.2, 0) is 26.2 Å². The quantitative estimate of drug-likeness (QED) is 0.178. The minimum Gasteiger partial charge on any atom is -0.660 e. The summed E-state index contributed by atoms with van der Waals surface area (Å²) in [5.74, 6) is 2.75. The number of hydrogen-bond donors (Lipinski definition) is 0. The Balaban J connectivity index is 0.000000595. The Labute approximate surface area is 247 Å². The smallest absolute Gasteiger partial charge is 0.660 e. The fourth-order valence-corrected chi connectivity index (χ4v) is 11.9. The maximum absolute atomic E-state index is 5.31. The molecular formula is C31H48BrNSiZr. The third kappa shape index (κ3) is 11.8. The molecule has 2 aliphatic carbocycles. The number of rotatable bonds is 2. The van der Waals surface area contributed by atoms with E-state index >= 15 is 0 Å². The second kappa shape index (κ2) is 15.9. The SMILES string of the molecule is CC1CC2C(Br)CCCC2C1[Si](C)(C)[N-]C(C)(C)C.[CH2-]c1ccccc1.[CH2-]c1ccccc1.[CH3-].[Zr+4]. The van der Waals surface area contributed by atoms with E-state index < -0.39 is 8.24 Å². The molecule has 0 aliphatic heterocycles. The fourth-order valence-electron chi connectivity index (χ4n) is 6.13. The molecule has 192 valence electrons. The molecule has 2 aromatic carbocycles. The third-order valence-corrected chi connectivity index (χ3v) is 11.9. The summed E-state index contributed by atoms with van der Waals surface area (Å²) in [7, 11) is -1.50. The van der Waals surface area contributed by atoms with Crippen molar-refractivity contribution >= 4 is 24.2 Å². The van der Waals surface area contributed by atoms with Crippen molar-refractivity contribution in [2.24, 2.45) is 17.8 Å². The molecule has 5 unspecified atom stereocenters. The van der Waals surface area contributed by atoms with Gasteiger partial charge in [0.05, 0.1) is 0 Å². The zero-order valence-corrected chi connectivity index (χ0v) is 28.3. The molecule has 4 rings (SSSR count). The van der Waals surface area contributed by atoms with Crippen LogP contribution < -0.4 is 0 Å². The first-order valence-electron chi connectivity index (χ1n) is 12.5. The van der Waals surface area contributed by atoms with E-state index in [1.54, 1.807) is 0 Å². The molecule has 4 heteroatoms. The number of halogens is 1. The molecular weight excluding hydrogens is 586 g/mol. The van der Waals surface area contributed by atoms with E-state index in [1.165, 1.54) is 25.7 Å². The first-order chi connectivity index (χ1) is 15.4. The van der Waals surface area contributed by atoms with Gasteiger partial charge < -0.3 is 12.4 Å². The van der Waals surface area contributed by atoms with Crippen LogP contribution >= 0.6 is 15.9 Å². The molecule has 5 atom stereocenters. The molecule has 2 aliphatic rings. The molecule has 35 heavy (non-hydrogen) atoms. The van der Waals surface area contributed by atoms with Crippen LogP contribution in [0.2, 0.25) is 18.6 Å². The maximum Gasteiger partial charge on any atom is 4.00 e. The minimum absolute atomic E-state index is 0. The predicted octanol–water partition coefficient (Wildman–Crippen LogP) is 10.1. The first-order valence-corrected chi connectivity index (χ1v) is 16.5. The molecule has 2 aromatic rings. The molecule has 2 saturated carbocycles. The van der Waals surface area contributed by atoms with Gasteiger partial charge in [-0.3, -0.25) is 0 Å². The van der Waals surface area contributed by atoms with Crippen molar-refractivity contribution in [3.63, 3.8) is 0 Å². The van der Waals surface area contributed by atoms with E-state index in [1.807, 2.05) is 60.7 Å². The summed E-state index contributed by atoms with van der Waals surface area (Å²) in [4.78, 5) is 6.09. The number of alkyl halides is 1. The molecule has 0 radical (unpaired) electrons. The summed E-state index contributed by atoms with van der Waals surface area (Å²) in [6.45, 7) is 21.8. The van der Waals surface area contributed by atoms with Gasteiger partial charge >= 0.3 is 26.2 Å². The van der Waals surface area contributed by atoms with E-state index in [-0.39, 0.29) is 39.2 Å². The van der Waals surface area contributed by atoms with Gasteiger partial charge in [-0.15, -0.1) is 29.8 Å². The molecule has 1 nitrogen and oxygen atoms in total. The zero-order chi connectivity index (χ0) is 24.6. The van der Waals surface area contributed by atoms with Gasteiger partial charge in [-0.2, -0.15) is 49.2 Å². The van der Waals surface area contributed by atoms with Crippen molar-refractivity contribution in [3.05, 3.63) is 98.0 Å². The molecule has 0 aromatic heterocycles. The minimum atomic E-state index is -1.50. The Hall–Kier alpha value is -0.280. The average molecular weight is 634 g/mol. The number of fused-ring (bicyclic) bond motifs is 1. The van der Waals surface area contributed by atoms with Crippen LogP contribution in [0.15, 0.2) is 60.7 Å². The van der Waals surface area contributed by atoms with Gasteiger partial charge in [0.2, 0.25) is 0 Å². The van der Waals surface area contributed by atoms with Crippen LogP contribution in [0.4, 0.5) is 0 Å². The van der Waals surface area contributed by atoms with E-state index in [0.717, 1.165) is 39.2 Å². The topological polar surface area (TPSA) is 14.1 Å². The second-order valence-corrected chi connectivity index (χ2v) is 16.8. The van der Waals surface area contributed by atoms with E-state index in [9.17, 15) is 0 Å². The van der Waals surface area contributed by atoms with E-state index in [4.69, 9.17) is 4.98 Å². The Morgan fingerprint density at radius 3 is 1.69 bits per heavy atom. The molecule has 0 spiro atoms. The normalized spacial score (nSPS) is 25.3. The van der Waals surface area contributed by atoms with Gasteiger partial charge in [0.1, 0.15) is 0 Å². The Morgan fingerprint density at radius 2 is 1.31 bits per heavy atom. The van der Waals surface area contributed by atoms with Gasteiger partial charge in [0.15, 0.2) is 0 Å². The van der Waals surface area contributed by atoms with Gasteiger partial charge in [-0.1, -0.05) is 95.5 Å². The van der Waals surface area contributed by atoms with Gasteiger partial charge in [0.25, 0.3) is 0 Å². The van der Waals surface area contributed by atoms with Gasteiger partial charge in [-0.25, -0.2) is 0 Å². The van der Waals surface area contributed by atoms with Crippen molar-refractivity contribution in [2.75, 3.05) is 0 Å². The summed E-state index contributed by atoms with van der Waals surface area (Å²) in [5, 5.41) is 0. The van der Waals surface area contributed by atoms with Crippen LogP contribution in [0, 0.1) is 39.0 Å². The molecule has 0 saturated heterocycles. The molecule has 0 N–H and O–H groups in total. The Morgan fingerprint density at radius 1 is 0.857 bits per heavy atom. The van der Waals surface area contributed by atoms with E-state index in [2.05, 4.69) is 70.6 Å². The van der Waals surface area contributed by atoms with Crippen LogP contribution in [0.3, 0.4) is 0 Å². The monoisotopic (exact) mass is 631 g/mol. The fraction of sp³-hybridized carbons (Fsp3) is 0.516. The average Bonchev–Trinajstić information content (AvgIpc) is 3.07. The summed E-state index contributed by atoms with van der Waals surface area (Å²) in [6, 6.07) is 19.7. The molecule has 0 heterocycles. The Kier molecular flexibility index (Phi) is 15.7. The van der Waals surface area contributed by atoms with Crippen LogP contribution in [0.5, 0.6) is 0 Å². The third-order valence-electron chi connectivity index (χ3n) is 6.88. The van der Waals surface area contributed by atoms with Crippen molar-refractivity contribution in [2.45, 2.75) is 82.4 Å². The number of benzene rings is 2. The van der Waals surface area contributed by atoms with Gasteiger partial charge in [-0.05, 0) is 30.6 Å². The van der Waals surface area contributed by atoms with Crippen LogP contribution in [0.1, 0.15) is 64.5 Å². The van der Waals surface area contributed by atoms with Crippen molar-refractivity contribution in [1.29, 1.82) is 0 Å². The van der Waals surface area contributed by atoms with Crippen LogP contribution in [-0.4, -0.2) is 18.6 Å². The number of hydrogen-bond acceptors (Lipinski definition) is 0. The Bertz CT molecular complexity index is 768. The zero-order valence-electron chi connectivity index (χ0n) is 23.2. The first kappa shape index (κ1) is 34.7. The molecule has 0 amide bonds. The number of nitrogens with zero attached hydrogens (tertiary/aromatic N) is 1. The molecule has 0 bridgehead atoms. The molecule has 2 fully saturated rings.